The van der Waals surface area contributed by atoms with Crippen molar-refractivity contribution in [1.29, 1.82) is 0 Å². The molecule has 0 heterocycles. The highest BCUT2D eigenvalue weighted by atomic mass is 15.1. The molecule has 2 heteroatoms. The average molecular weight is 200 g/mol. The van der Waals surface area contributed by atoms with E-state index in [9.17, 15) is 0 Å². The molecule has 14 heavy (non-hydrogen) atoms. The van der Waals surface area contributed by atoms with E-state index < -0.39 is 0 Å². The fourth-order valence-corrected chi connectivity index (χ4v) is 2.64. The van der Waals surface area contributed by atoms with E-state index in [-0.39, 0.29) is 0 Å². The molecule has 2 unspecified atom stereocenters. The molecule has 0 rings (SSSR count). The normalized spacial score (nSPS) is 17.1. The summed E-state index contributed by atoms with van der Waals surface area (Å²) in [5.41, 5.74) is 0.348. The van der Waals surface area contributed by atoms with Crippen LogP contribution in [0.4, 0.5) is 0 Å². The minimum atomic E-state index is 0.348. The first kappa shape index (κ1) is 13.9. The van der Waals surface area contributed by atoms with Gasteiger partial charge in [0.15, 0.2) is 0 Å². The molecule has 0 aliphatic rings. The van der Waals surface area contributed by atoms with Crippen LogP contribution in [0.3, 0.4) is 0 Å². The minimum Gasteiger partial charge on any atom is -0.319 e. The molecule has 0 fully saturated rings. The van der Waals surface area contributed by atoms with Gasteiger partial charge in [0.25, 0.3) is 0 Å². The van der Waals surface area contributed by atoms with Gasteiger partial charge in [0.05, 0.1) is 0 Å². The average Bonchev–Trinajstić information content (AvgIpc) is 2.00. The lowest BCUT2D eigenvalue weighted by Gasteiger charge is -2.41. The predicted octanol–water partition coefficient (Wildman–Crippen LogP) is 2.21. The van der Waals surface area contributed by atoms with Crippen molar-refractivity contribution in [3.8, 4) is 0 Å². The molecule has 0 radical (unpaired) electrons. The number of hydrogen-bond donors (Lipinski definition) is 1. The largest absolute Gasteiger partial charge is 0.319 e. The molecule has 0 bridgehead atoms. The maximum Gasteiger partial charge on any atom is 0.0178 e. The highest BCUT2D eigenvalue weighted by molar-refractivity contribution is 4.86. The quantitative estimate of drug-likeness (QED) is 0.732. The Morgan fingerprint density at radius 2 is 1.71 bits per heavy atom. The summed E-state index contributed by atoms with van der Waals surface area (Å²) in [6, 6.07) is 0.639. The van der Waals surface area contributed by atoms with Crippen LogP contribution in [0.1, 0.15) is 34.1 Å². The van der Waals surface area contributed by atoms with Crippen molar-refractivity contribution < 1.29 is 0 Å². The molecule has 0 saturated carbocycles. The van der Waals surface area contributed by atoms with Gasteiger partial charge >= 0.3 is 0 Å². The number of hydrogen-bond acceptors (Lipinski definition) is 2. The van der Waals surface area contributed by atoms with Crippen LogP contribution in [0.2, 0.25) is 0 Å². The molecule has 0 aliphatic heterocycles. The van der Waals surface area contributed by atoms with Gasteiger partial charge in [-0.05, 0) is 39.0 Å². The van der Waals surface area contributed by atoms with Gasteiger partial charge in [-0.3, -0.25) is 0 Å². The van der Waals surface area contributed by atoms with Crippen LogP contribution in [0.5, 0.6) is 0 Å². The summed E-state index contributed by atoms with van der Waals surface area (Å²) in [7, 11) is 6.42. The Morgan fingerprint density at radius 3 is 1.93 bits per heavy atom. The fourth-order valence-electron chi connectivity index (χ4n) is 2.64. The molecule has 86 valence electrons. The topological polar surface area (TPSA) is 15.3 Å². The maximum absolute atomic E-state index is 3.30. The maximum atomic E-state index is 3.30. The Balaban J connectivity index is 4.61. The predicted molar refractivity (Wildman–Crippen MR) is 64.6 cm³/mol. The molecule has 0 aromatic carbocycles. The zero-order valence-corrected chi connectivity index (χ0v) is 11.0. The van der Waals surface area contributed by atoms with Crippen LogP contribution in [-0.4, -0.2) is 38.6 Å². The van der Waals surface area contributed by atoms with Crippen molar-refractivity contribution in [2.75, 3.05) is 27.7 Å². The summed E-state index contributed by atoms with van der Waals surface area (Å²) in [4.78, 5) is 2.37. The summed E-state index contributed by atoms with van der Waals surface area (Å²) in [6.45, 7) is 10.4. The molecule has 0 aliphatic carbocycles. The van der Waals surface area contributed by atoms with Gasteiger partial charge in [-0.15, -0.1) is 0 Å². The van der Waals surface area contributed by atoms with Crippen molar-refractivity contribution in [3.05, 3.63) is 0 Å². The second kappa shape index (κ2) is 5.72. The van der Waals surface area contributed by atoms with Crippen LogP contribution in [0, 0.1) is 11.3 Å². The third-order valence-electron chi connectivity index (χ3n) is 2.88. The van der Waals surface area contributed by atoms with E-state index in [2.05, 4.69) is 52.0 Å². The molecule has 2 atom stereocenters. The van der Waals surface area contributed by atoms with Crippen molar-refractivity contribution in [1.82, 2.24) is 10.2 Å². The van der Waals surface area contributed by atoms with Crippen LogP contribution < -0.4 is 5.32 Å². The van der Waals surface area contributed by atoms with E-state index in [4.69, 9.17) is 0 Å². The zero-order chi connectivity index (χ0) is 11.4. The summed E-state index contributed by atoms with van der Waals surface area (Å²) in [6.07, 6.45) is 1.24. The first-order valence-electron chi connectivity index (χ1n) is 5.65. The monoisotopic (exact) mass is 200 g/mol. The standard InChI is InChI=1S/C12H28N2/c1-8-10(9-13-5)11(14(6)7)12(2,3)4/h10-11,13H,8-9H2,1-7H3. The third-order valence-corrected chi connectivity index (χ3v) is 2.88. The fraction of sp³-hybridized carbons (Fsp3) is 1.00. The van der Waals surface area contributed by atoms with E-state index in [0.29, 0.717) is 11.5 Å². The number of nitrogens with one attached hydrogen (secondary N) is 1. The zero-order valence-electron chi connectivity index (χ0n) is 11.0. The first-order valence-corrected chi connectivity index (χ1v) is 5.65. The lowest BCUT2D eigenvalue weighted by atomic mass is 9.77. The van der Waals surface area contributed by atoms with Gasteiger partial charge in [-0.25, -0.2) is 0 Å². The second-order valence-electron chi connectivity index (χ2n) is 5.50. The number of rotatable bonds is 5. The Morgan fingerprint density at radius 1 is 1.21 bits per heavy atom. The van der Waals surface area contributed by atoms with E-state index in [1.54, 1.807) is 0 Å². The van der Waals surface area contributed by atoms with Gasteiger partial charge < -0.3 is 10.2 Å². The molecule has 0 saturated heterocycles. The molecule has 0 amide bonds. The van der Waals surface area contributed by atoms with Crippen molar-refractivity contribution in [2.45, 2.75) is 40.2 Å². The van der Waals surface area contributed by atoms with E-state index in [1.165, 1.54) is 6.42 Å². The minimum absolute atomic E-state index is 0.348. The lowest BCUT2D eigenvalue weighted by molar-refractivity contribution is 0.0903. The third kappa shape index (κ3) is 3.97. The van der Waals surface area contributed by atoms with Gasteiger partial charge in [-0.1, -0.05) is 34.1 Å². The Kier molecular flexibility index (Phi) is 5.68. The Hall–Kier alpha value is -0.0800. The summed E-state index contributed by atoms with van der Waals surface area (Å²) >= 11 is 0. The van der Waals surface area contributed by atoms with E-state index >= 15 is 0 Å². The summed E-state index contributed by atoms with van der Waals surface area (Å²) in [5, 5.41) is 3.30. The first-order chi connectivity index (χ1) is 6.34. The van der Waals surface area contributed by atoms with Gasteiger partial charge in [0, 0.05) is 6.04 Å². The summed E-state index contributed by atoms with van der Waals surface area (Å²) in [5.74, 6) is 0.731. The lowest BCUT2D eigenvalue weighted by Crippen LogP contribution is -2.47. The molecule has 0 aromatic rings. The summed E-state index contributed by atoms with van der Waals surface area (Å²) < 4.78 is 0. The molecule has 2 nitrogen and oxygen atoms in total. The molecule has 0 spiro atoms. The van der Waals surface area contributed by atoms with Crippen LogP contribution in [0.25, 0.3) is 0 Å². The Labute approximate surface area is 90.1 Å². The van der Waals surface area contributed by atoms with Gasteiger partial charge in [-0.2, -0.15) is 0 Å². The smallest absolute Gasteiger partial charge is 0.0178 e. The molecule has 0 aromatic heterocycles. The van der Waals surface area contributed by atoms with E-state index in [1.807, 2.05) is 7.05 Å². The van der Waals surface area contributed by atoms with Crippen LogP contribution in [-0.2, 0) is 0 Å². The molecule has 1 N–H and O–H groups in total. The second-order valence-corrected chi connectivity index (χ2v) is 5.50. The molecular formula is C12H28N2. The van der Waals surface area contributed by atoms with Crippen molar-refractivity contribution in [3.63, 3.8) is 0 Å². The highest BCUT2D eigenvalue weighted by Gasteiger charge is 2.32. The van der Waals surface area contributed by atoms with Gasteiger partial charge in [0.2, 0.25) is 0 Å². The Bertz CT molecular complexity index is 147. The van der Waals surface area contributed by atoms with Crippen LogP contribution in [0.15, 0.2) is 0 Å². The van der Waals surface area contributed by atoms with E-state index in [0.717, 1.165) is 12.5 Å². The number of nitrogens with zero attached hydrogens (tertiary/aromatic N) is 1. The SMILES string of the molecule is CCC(CNC)C(N(C)C)C(C)(C)C. The highest BCUT2D eigenvalue weighted by Crippen LogP contribution is 2.30. The van der Waals surface area contributed by atoms with Crippen molar-refractivity contribution in [2.24, 2.45) is 11.3 Å². The van der Waals surface area contributed by atoms with Crippen LogP contribution >= 0.6 is 0 Å². The molecular weight excluding hydrogens is 172 g/mol. The van der Waals surface area contributed by atoms with Gasteiger partial charge in [0.1, 0.15) is 0 Å². The van der Waals surface area contributed by atoms with Crippen molar-refractivity contribution >= 4 is 0 Å².